The van der Waals surface area contributed by atoms with Crippen LogP contribution < -0.4 is 4.74 Å². The van der Waals surface area contributed by atoms with Gasteiger partial charge in [-0.05, 0) is 24.3 Å². The quantitative estimate of drug-likeness (QED) is 0.751. The van der Waals surface area contributed by atoms with E-state index >= 15 is 0 Å². The van der Waals surface area contributed by atoms with Gasteiger partial charge in [0.25, 0.3) is 0 Å². The largest absolute Gasteiger partial charge is 0.496 e. The molecule has 0 bridgehead atoms. The Morgan fingerprint density at radius 2 is 2.05 bits per heavy atom. The Morgan fingerprint density at radius 3 is 2.68 bits per heavy atom. The van der Waals surface area contributed by atoms with E-state index in [1.807, 2.05) is 0 Å². The molecule has 2 rings (SSSR count). The van der Waals surface area contributed by atoms with Crippen molar-refractivity contribution in [3.05, 3.63) is 54.0 Å². The molecule has 5 nitrogen and oxygen atoms in total. The third-order valence-corrected chi connectivity index (χ3v) is 4.26. The van der Waals surface area contributed by atoms with Gasteiger partial charge >= 0.3 is 5.97 Å². The number of carbonyl (C=O) groups is 2. The molecule has 0 fully saturated rings. The highest BCUT2D eigenvalue weighted by Crippen LogP contribution is 2.34. The monoisotopic (exact) mass is 320 g/mol. The number of ketones is 1. The summed E-state index contributed by atoms with van der Waals surface area (Å²) in [7, 11) is 1.51. The maximum atomic E-state index is 12.5. The van der Waals surface area contributed by atoms with Crippen LogP contribution >= 0.6 is 11.8 Å². The van der Waals surface area contributed by atoms with Gasteiger partial charge in [0.15, 0.2) is 5.78 Å². The number of benzene rings is 1. The molecule has 0 amide bonds. The number of carboxylic acids is 1. The lowest BCUT2D eigenvalue weighted by molar-refractivity contribution is -0.133. The van der Waals surface area contributed by atoms with Gasteiger partial charge in [0.1, 0.15) is 11.5 Å². The van der Waals surface area contributed by atoms with Gasteiger partial charge in [0, 0.05) is 6.42 Å². The van der Waals surface area contributed by atoms with Crippen molar-refractivity contribution in [1.82, 2.24) is 0 Å². The smallest absolute Gasteiger partial charge is 0.313 e. The molecule has 0 aliphatic carbocycles. The minimum Gasteiger partial charge on any atom is -0.496 e. The molecule has 0 aliphatic heterocycles. The summed E-state index contributed by atoms with van der Waals surface area (Å²) in [6.45, 7) is 0. The first-order valence-electron chi connectivity index (χ1n) is 6.65. The Morgan fingerprint density at radius 1 is 1.27 bits per heavy atom. The number of ether oxygens (including phenoxy) is 1. The first-order valence-corrected chi connectivity index (χ1v) is 7.69. The van der Waals surface area contributed by atoms with Crippen LogP contribution in [0.3, 0.4) is 0 Å². The molecule has 1 unspecified atom stereocenters. The minimum atomic E-state index is -0.925. The van der Waals surface area contributed by atoms with Gasteiger partial charge in [-0.3, -0.25) is 9.59 Å². The highest BCUT2D eigenvalue weighted by atomic mass is 32.2. The van der Waals surface area contributed by atoms with Crippen molar-refractivity contribution in [3.8, 4) is 5.75 Å². The molecule has 2 aromatic rings. The van der Waals surface area contributed by atoms with Crippen molar-refractivity contribution in [1.29, 1.82) is 0 Å². The zero-order valence-corrected chi connectivity index (χ0v) is 12.8. The number of para-hydroxylation sites is 1. The van der Waals surface area contributed by atoms with Crippen molar-refractivity contribution >= 4 is 23.5 Å². The number of aliphatic carboxylic acids is 1. The SMILES string of the molecule is COc1ccccc1C(=O)CC(SCC(=O)O)c1ccco1. The van der Waals surface area contributed by atoms with E-state index in [2.05, 4.69) is 0 Å². The van der Waals surface area contributed by atoms with E-state index in [9.17, 15) is 9.59 Å². The molecule has 0 saturated heterocycles. The maximum Gasteiger partial charge on any atom is 0.313 e. The van der Waals surface area contributed by atoms with Crippen LogP contribution in [0.5, 0.6) is 5.75 Å². The number of rotatable bonds is 8. The number of carboxylic acid groups (broad SMARTS) is 1. The zero-order valence-electron chi connectivity index (χ0n) is 12.0. The maximum absolute atomic E-state index is 12.5. The van der Waals surface area contributed by atoms with Crippen LogP contribution in [0.15, 0.2) is 47.1 Å². The fourth-order valence-electron chi connectivity index (χ4n) is 2.04. The molecule has 1 N–H and O–H groups in total. The summed E-state index contributed by atoms with van der Waals surface area (Å²) < 4.78 is 10.5. The number of furan rings is 1. The van der Waals surface area contributed by atoms with E-state index in [0.29, 0.717) is 17.1 Å². The standard InChI is InChI=1S/C16H16O5S/c1-20-13-6-3-2-5-11(13)12(17)9-15(22-10-16(18)19)14-7-4-8-21-14/h2-8,15H,9-10H2,1H3,(H,18,19). The topological polar surface area (TPSA) is 76.7 Å². The number of carbonyl (C=O) groups excluding carboxylic acids is 1. The van der Waals surface area contributed by atoms with Crippen LogP contribution in [0.25, 0.3) is 0 Å². The zero-order chi connectivity index (χ0) is 15.9. The van der Waals surface area contributed by atoms with Crippen LogP contribution in [0.4, 0.5) is 0 Å². The second kappa shape index (κ2) is 7.70. The van der Waals surface area contributed by atoms with E-state index in [4.69, 9.17) is 14.3 Å². The van der Waals surface area contributed by atoms with Crippen molar-refractivity contribution in [2.24, 2.45) is 0 Å². The average molecular weight is 320 g/mol. The molecular weight excluding hydrogens is 304 g/mol. The van der Waals surface area contributed by atoms with Gasteiger partial charge in [-0.25, -0.2) is 0 Å². The summed E-state index contributed by atoms with van der Waals surface area (Å²) in [5.74, 6) is -0.0311. The Labute approximate surface area is 132 Å². The summed E-state index contributed by atoms with van der Waals surface area (Å²) in [4.78, 5) is 23.3. The van der Waals surface area contributed by atoms with Gasteiger partial charge in [-0.2, -0.15) is 0 Å². The first-order chi connectivity index (χ1) is 10.6. The van der Waals surface area contributed by atoms with E-state index in [1.165, 1.54) is 25.1 Å². The Hall–Kier alpha value is -2.21. The number of hydrogen-bond donors (Lipinski definition) is 1. The summed E-state index contributed by atoms with van der Waals surface area (Å²) >= 11 is 1.17. The van der Waals surface area contributed by atoms with E-state index in [0.717, 1.165) is 0 Å². The third kappa shape index (κ3) is 4.14. The van der Waals surface area contributed by atoms with Crippen molar-refractivity contribution in [2.75, 3.05) is 12.9 Å². The van der Waals surface area contributed by atoms with Crippen molar-refractivity contribution in [2.45, 2.75) is 11.7 Å². The second-order valence-electron chi connectivity index (χ2n) is 4.54. The van der Waals surface area contributed by atoms with Crippen LogP contribution in [-0.2, 0) is 4.79 Å². The molecule has 1 heterocycles. The van der Waals surface area contributed by atoms with Crippen molar-refractivity contribution < 1.29 is 23.8 Å². The number of thioether (sulfide) groups is 1. The van der Waals surface area contributed by atoms with Gasteiger partial charge in [-0.15, -0.1) is 11.8 Å². The van der Waals surface area contributed by atoms with E-state index in [1.54, 1.807) is 36.4 Å². The van der Waals surface area contributed by atoms with Crippen LogP contribution in [0.2, 0.25) is 0 Å². The second-order valence-corrected chi connectivity index (χ2v) is 5.73. The van der Waals surface area contributed by atoms with Gasteiger partial charge in [0.2, 0.25) is 0 Å². The number of hydrogen-bond acceptors (Lipinski definition) is 5. The number of Topliss-reactive ketones (excluding diaryl/α,β-unsaturated/α-hetero) is 1. The lowest BCUT2D eigenvalue weighted by Crippen LogP contribution is -2.09. The summed E-state index contributed by atoms with van der Waals surface area (Å²) in [5.41, 5.74) is 0.484. The highest BCUT2D eigenvalue weighted by molar-refractivity contribution is 8.00. The molecule has 1 atom stereocenters. The van der Waals surface area contributed by atoms with E-state index < -0.39 is 5.97 Å². The molecule has 6 heteroatoms. The fraction of sp³-hybridized carbons (Fsp3) is 0.250. The Bertz CT molecular complexity index is 636. The fourth-order valence-corrected chi connectivity index (χ4v) is 2.95. The normalized spacial score (nSPS) is 11.9. The lowest BCUT2D eigenvalue weighted by Gasteiger charge is -2.13. The average Bonchev–Trinajstić information content (AvgIpc) is 3.05. The summed E-state index contributed by atoms with van der Waals surface area (Å²) in [5, 5.41) is 8.49. The molecule has 1 aromatic heterocycles. The number of methoxy groups -OCH3 is 1. The molecule has 22 heavy (non-hydrogen) atoms. The van der Waals surface area contributed by atoms with Gasteiger partial charge in [-0.1, -0.05) is 12.1 Å². The summed E-state index contributed by atoms with van der Waals surface area (Å²) in [6.07, 6.45) is 1.66. The molecule has 0 spiro atoms. The molecular formula is C16H16O5S. The van der Waals surface area contributed by atoms with E-state index in [-0.39, 0.29) is 23.2 Å². The van der Waals surface area contributed by atoms with Crippen molar-refractivity contribution in [3.63, 3.8) is 0 Å². The molecule has 1 aromatic carbocycles. The van der Waals surface area contributed by atoms with Crippen LogP contribution in [0, 0.1) is 0 Å². The summed E-state index contributed by atoms with van der Waals surface area (Å²) in [6, 6.07) is 10.4. The van der Waals surface area contributed by atoms with Crippen LogP contribution in [-0.4, -0.2) is 29.7 Å². The highest BCUT2D eigenvalue weighted by Gasteiger charge is 2.22. The molecule has 0 radical (unpaired) electrons. The van der Waals surface area contributed by atoms with Crippen LogP contribution in [0.1, 0.15) is 27.8 Å². The minimum absolute atomic E-state index is 0.0927. The predicted molar refractivity (Wildman–Crippen MR) is 83.5 cm³/mol. The van der Waals surface area contributed by atoms with Gasteiger partial charge < -0.3 is 14.3 Å². The molecule has 0 aliphatic rings. The molecule has 116 valence electrons. The first kappa shape index (κ1) is 16.2. The predicted octanol–water partition coefficient (Wildman–Crippen LogP) is 3.42. The Balaban J connectivity index is 2.15. The van der Waals surface area contributed by atoms with Gasteiger partial charge in [0.05, 0.1) is 29.9 Å². The lowest BCUT2D eigenvalue weighted by atomic mass is 10.0. The third-order valence-electron chi connectivity index (χ3n) is 3.05. The molecule has 0 saturated carbocycles. The Kier molecular flexibility index (Phi) is 5.66.